The number of fused-ring (bicyclic) bond motifs is 2. The summed E-state index contributed by atoms with van der Waals surface area (Å²) >= 11 is 1.47. The highest BCUT2D eigenvalue weighted by Gasteiger charge is 2.22. The van der Waals surface area contributed by atoms with Crippen LogP contribution in [0.1, 0.15) is 25.0 Å². The van der Waals surface area contributed by atoms with Gasteiger partial charge < -0.3 is 23.4 Å². The zero-order chi connectivity index (χ0) is 19.8. The lowest BCUT2D eigenvalue weighted by Crippen LogP contribution is -2.05. The van der Waals surface area contributed by atoms with Crippen molar-refractivity contribution >= 4 is 11.8 Å². The molecular formula is C21H20N2O5S. The third kappa shape index (κ3) is 3.60. The van der Waals surface area contributed by atoms with Crippen molar-refractivity contribution in [2.75, 3.05) is 13.4 Å². The highest BCUT2D eigenvalue weighted by molar-refractivity contribution is 7.98. The average Bonchev–Trinajstić information content (AvgIpc) is 3.44. The van der Waals surface area contributed by atoms with Crippen molar-refractivity contribution in [2.45, 2.75) is 37.3 Å². The zero-order valence-electron chi connectivity index (χ0n) is 16.1. The molecule has 150 valence electrons. The third-order valence-electron chi connectivity index (χ3n) is 4.76. The van der Waals surface area contributed by atoms with Gasteiger partial charge in [0.1, 0.15) is 17.6 Å². The van der Waals surface area contributed by atoms with E-state index < -0.39 is 0 Å². The van der Waals surface area contributed by atoms with E-state index in [1.807, 2.05) is 25.1 Å². The average molecular weight is 412 g/mol. The first-order valence-electron chi connectivity index (χ1n) is 9.51. The Balaban J connectivity index is 1.33. The van der Waals surface area contributed by atoms with Crippen LogP contribution in [-0.4, -0.2) is 29.7 Å². The summed E-state index contributed by atoms with van der Waals surface area (Å²) in [5.74, 6) is 4.31. The van der Waals surface area contributed by atoms with Gasteiger partial charge in [0.25, 0.3) is 5.22 Å². The Morgan fingerprint density at radius 1 is 1.10 bits per heavy atom. The van der Waals surface area contributed by atoms with Crippen molar-refractivity contribution in [3.05, 3.63) is 41.5 Å². The van der Waals surface area contributed by atoms with Crippen molar-refractivity contribution in [2.24, 2.45) is 0 Å². The number of aromatic nitrogens is 2. The first-order chi connectivity index (χ1) is 14.2. The van der Waals surface area contributed by atoms with Gasteiger partial charge in [-0.1, -0.05) is 11.8 Å². The summed E-state index contributed by atoms with van der Waals surface area (Å²) in [7, 11) is 0. The van der Waals surface area contributed by atoms with Crippen LogP contribution in [0, 0.1) is 0 Å². The zero-order valence-corrected chi connectivity index (χ0v) is 17.0. The molecule has 29 heavy (non-hydrogen) atoms. The summed E-state index contributed by atoms with van der Waals surface area (Å²) in [4.78, 5) is 0. The maximum absolute atomic E-state index is 5.89. The molecule has 2 aliphatic heterocycles. The maximum Gasteiger partial charge on any atom is 0.277 e. The SMILES string of the molecule is CCOc1cc2c(cc1CSc1nnc(-c3ccc4c(c3)OCO4)o1)OC(C)C2. The van der Waals surface area contributed by atoms with Gasteiger partial charge in [0.2, 0.25) is 12.7 Å². The molecule has 0 bridgehead atoms. The second-order valence-corrected chi connectivity index (χ2v) is 7.79. The van der Waals surface area contributed by atoms with E-state index >= 15 is 0 Å². The molecule has 2 aromatic carbocycles. The lowest BCUT2D eigenvalue weighted by Gasteiger charge is -2.11. The smallest absolute Gasteiger partial charge is 0.277 e. The fourth-order valence-corrected chi connectivity index (χ4v) is 4.18. The molecule has 0 amide bonds. The molecule has 0 saturated carbocycles. The summed E-state index contributed by atoms with van der Waals surface area (Å²) in [5.41, 5.74) is 3.04. The molecule has 0 N–H and O–H groups in total. The summed E-state index contributed by atoms with van der Waals surface area (Å²) in [6.07, 6.45) is 1.10. The topological polar surface area (TPSA) is 75.8 Å². The van der Waals surface area contributed by atoms with E-state index in [0.717, 1.165) is 34.8 Å². The summed E-state index contributed by atoms with van der Waals surface area (Å²) < 4.78 is 28.3. The van der Waals surface area contributed by atoms with E-state index in [1.165, 1.54) is 17.3 Å². The Morgan fingerprint density at radius 3 is 2.90 bits per heavy atom. The molecule has 7 nitrogen and oxygen atoms in total. The van der Waals surface area contributed by atoms with E-state index in [2.05, 4.69) is 29.3 Å². The Labute approximate surface area is 172 Å². The fraction of sp³-hybridized carbons (Fsp3) is 0.333. The van der Waals surface area contributed by atoms with Gasteiger partial charge in [0.15, 0.2) is 11.5 Å². The van der Waals surface area contributed by atoms with Gasteiger partial charge >= 0.3 is 0 Å². The molecular weight excluding hydrogens is 392 g/mol. The largest absolute Gasteiger partial charge is 0.494 e. The standard InChI is InChI=1S/C21H20N2O5S/c1-3-24-17-8-14-6-12(2)27-18(14)9-15(17)10-29-21-23-22-20(28-21)13-4-5-16-19(7-13)26-11-25-16/h4-5,7-9,12H,3,6,10-11H2,1-2H3. The highest BCUT2D eigenvalue weighted by Crippen LogP contribution is 2.39. The first kappa shape index (κ1) is 18.2. The molecule has 5 rings (SSSR count). The number of hydrogen-bond acceptors (Lipinski definition) is 8. The predicted octanol–water partition coefficient (Wildman–Crippen LogP) is 4.48. The first-order valence-corrected chi connectivity index (χ1v) is 10.5. The number of thioether (sulfide) groups is 1. The second kappa shape index (κ2) is 7.51. The lowest BCUT2D eigenvalue weighted by molar-refractivity contribution is 0.174. The number of nitrogens with zero attached hydrogens (tertiary/aromatic N) is 2. The molecule has 3 heterocycles. The molecule has 3 aromatic rings. The highest BCUT2D eigenvalue weighted by atomic mass is 32.2. The second-order valence-electron chi connectivity index (χ2n) is 6.86. The Kier molecular flexibility index (Phi) is 4.71. The molecule has 0 aliphatic carbocycles. The quantitative estimate of drug-likeness (QED) is 0.549. The van der Waals surface area contributed by atoms with Crippen molar-refractivity contribution < 1.29 is 23.4 Å². The predicted molar refractivity (Wildman–Crippen MR) is 107 cm³/mol. The van der Waals surface area contributed by atoms with Crippen LogP contribution in [-0.2, 0) is 12.2 Å². The molecule has 0 radical (unpaired) electrons. The van der Waals surface area contributed by atoms with Crippen molar-refractivity contribution in [1.82, 2.24) is 10.2 Å². The molecule has 0 spiro atoms. The molecule has 1 atom stereocenters. The molecule has 1 unspecified atom stereocenters. The summed E-state index contributed by atoms with van der Waals surface area (Å²) in [6, 6.07) is 9.71. The Morgan fingerprint density at radius 2 is 2.00 bits per heavy atom. The van der Waals surface area contributed by atoms with Gasteiger partial charge in [-0.05, 0) is 44.2 Å². The van der Waals surface area contributed by atoms with Crippen molar-refractivity contribution in [3.8, 4) is 34.5 Å². The van der Waals surface area contributed by atoms with Crippen molar-refractivity contribution in [1.29, 1.82) is 0 Å². The van der Waals surface area contributed by atoms with Gasteiger partial charge in [0.05, 0.1) is 6.61 Å². The van der Waals surface area contributed by atoms with Crippen LogP contribution >= 0.6 is 11.8 Å². The fourth-order valence-electron chi connectivity index (χ4n) is 3.44. The summed E-state index contributed by atoms with van der Waals surface area (Å²) in [5, 5.41) is 8.82. The molecule has 2 aliphatic rings. The van der Waals surface area contributed by atoms with Gasteiger partial charge in [-0.25, -0.2) is 0 Å². The monoisotopic (exact) mass is 412 g/mol. The van der Waals surface area contributed by atoms with E-state index in [9.17, 15) is 0 Å². The minimum absolute atomic E-state index is 0.197. The van der Waals surface area contributed by atoms with Crippen molar-refractivity contribution in [3.63, 3.8) is 0 Å². The van der Waals surface area contributed by atoms with E-state index in [1.54, 1.807) is 0 Å². The number of rotatable bonds is 6. The normalized spacial score (nSPS) is 16.6. The third-order valence-corrected chi connectivity index (χ3v) is 5.62. The molecule has 8 heteroatoms. The molecule has 0 saturated heterocycles. The molecule has 0 fully saturated rings. The van der Waals surface area contributed by atoms with Crippen LogP contribution in [0.4, 0.5) is 0 Å². The van der Waals surface area contributed by atoms with Crippen LogP contribution < -0.4 is 18.9 Å². The minimum atomic E-state index is 0.197. The van der Waals surface area contributed by atoms with E-state index in [0.29, 0.717) is 29.2 Å². The van der Waals surface area contributed by atoms with E-state index in [4.69, 9.17) is 23.4 Å². The van der Waals surface area contributed by atoms with Crippen LogP contribution in [0.15, 0.2) is 40.0 Å². The Hall–Kier alpha value is -2.87. The van der Waals surface area contributed by atoms with E-state index in [-0.39, 0.29) is 12.9 Å². The van der Waals surface area contributed by atoms with Crippen LogP contribution in [0.3, 0.4) is 0 Å². The lowest BCUT2D eigenvalue weighted by atomic mass is 10.1. The summed E-state index contributed by atoms with van der Waals surface area (Å²) in [6.45, 7) is 4.90. The Bertz CT molecular complexity index is 1050. The minimum Gasteiger partial charge on any atom is -0.494 e. The number of ether oxygens (including phenoxy) is 4. The maximum atomic E-state index is 5.89. The number of hydrogen-bond donors (Lipinski definition) is 0. The molecule has 1 aromatic heterocycles. The van der Waals surface area contributed by atoms with Crippen LogP contribution in [0.25, 0.3) is 11.5 Å². The van der Waals surface area contributed by atoms with Gasteiger partial charge in [-0.2, -0.15) is 0 Å². The number of benzene rings is 2. The van der Waals surface area contributed by atoms with Gasteiger partial charge in [0, 0.05) is 28.9 Å². The van der Waals surface area contributed by atoms with Crippen LogP contribution in [0.2, 0.25) is 0 Å². The van der Waals surface area contributed by atoms with Gasteiger partial charge in [-0.15, -0.1) is 10.2 Å². The van der Waals surface area contributed by atoms with Crippen LogP contribution in [0.5, 0.6) is 23.0 Å². The van der Waals surface area contributed by atoms with Gasteiger partial charge in [-0.3, -0.25) is 0 Å².